The maximum atomic E-state index is 11.7. The summed E-state index contributed by atoms with van der Waals surface area (Å²) >= 11 is 7.18. The molecule has 0 spiro atoms. The van der Waals surface area contributed by atoms with E-state index in [0.29, 0.717) is 22.8 Å². The first kappa shape index (κ1) is 18.0. The van der Waals surface area contributed by atoms with E-state index in [1.807, 2.05) is 18.2 Å². The predicted molar refractivity (Wildman–Crippen MR) is 98.1 cm³/mol. The van der Waals surface area contributed by atoms with Gasteiger partial charge in [0, 0.05) is 10.6 Å². The molecular weight excluding hydrogens is 360 g/mol. The number of ether oxygens (including phenoxy) is 1. The van der Waals surface area contributed by atoms with E-state index in [9.17, 15) is 14.7 Å². The Hall–Kier alpha value is -1.82. The number of thioether (sulfide) groups is 1. The lowest BCUT2D eigenvalue weighted by Crippen LogP contribution is -2.13. The number of aliphatic hydroxyl groups is 1. The Morgan fingerprint density at radius 1 is 1.16 bits per heavy atom. The van der Waals surface area contributed by atoms with Crippen LogP contribution in [0, 0.1) is 0 Å². The Bertz CT molecular complexity index is 775. The van der Waals surface area contributed by atoms with Crippen molar-refractivity contribution in [3.05, 3.63) is 64.7 Å². The third-order valence-electron chi connectivity index (χ3n) is 3.97. The molecule has 1 heterocycles. The molecule has 130 valence electrons. The molecule has 0 radical (unpaired) electrons. The van der Waals surface area contributed by atoms with Crippen molar-refractivity contribution in [2.24, 2.45) is 0 Å². The minimum atomic E-state index is -0.813. The number of carbonyl (C=O) groups is 2. The van der Waals surface area contributed by atoms with Crippen LogP contribution in [0.2, 0.25) is 5.02 Å². The molecular formula is C19H17ClO4S. The highest BCUT2D eigenvalue weighted by molar-refractivity contribution is 8.15. The van der Waals surface area contributed by atoms with E-state index in [1.54, 1.807) is 30.3 Å². The number of aliphatic hydroxyl groups excluding tert-OH is 1. The van der Waals surface area contributed by atoms with Crippen molar-refractivity contribution in [3.63, 3.8) is 0 Å². The van der Waals surface area contributed by atoms with Crippen LogP contribution in [-0.4, -0.2) is 27.9 Å². The molecule has 2 aromatic carbocycles. The summed E-state index contributed by atoms with van der Waals surface area (Å²) in [6, 6.07) is 14.4. The molecule has 1 fully saturated rings. The zero-order chi connectivity index (χ0) is 17.8. The summed E-state index contributed by atoms with van der Waals surface area (Å²) in [7, 11) is 0. The fraction of sp³-hybridized carbons (Fsp3) is 0.263. The first-order valence-corrected chi connectivity index (χ1v) is 9.15. The number of rotatable bonds is 6. The van der Waals surface area contributed by atoms with Crippen LogP contribution in [0.25, 0.3) is 0 Å². The summed E-state index contributed by atoms with van der Waals surface area (Å²) in [4.78, 5) is 23.0. The third-order valence-corrected chi connectivity index (χ3v) is 5.43. The Morgan fingerprint density at radius 2 is 1.88 bits per heavy atom. The van der Waals surface area contributed by atoms with Gasteiger partial charge in [-0.3, -0.25) is 9.59 Å². The van der Waals surface area contributed by atoms with Crippen LogP contribution < -0.4 is 4.74 Å². The molecule has 1 N–H and O–H groups in total. The van der Waals surface area contributed by atoms with Gasteiger partial charge in [0.2, 0.25) is 0 Å². The molecule has 0 amide bonds. The minimum absolute atomic E-state index is 0.00168. The van der Waals surface area contributed by atoms with Gasteiger partial charge in [0.05, 0.1) is 11.7 Å². The van der Waals surface area contributed by atoms with E-state index in [4.69, 9.17) is 16.3 Å². The van der Waals surface area contributed by atoms with Crippen molar-refractivity contribution in [2.75, 3.05) is 6.61 Å². The van der Waals surface area contributed by atoms with Gasteiger partial charge in [-0.2, -0.15) is 0 Å². The summed E-state index contributed by atoms with van der Waals surface area (Å²) in [5, 5.41) is 10.4. The largest absolute Gasteiger partial charge is 0.491 e. The Morgan fingerprint density at radius 3 is 2.52 bits per heavy atom. The lowest BCUT2D eigenvalue weighted by Gasteiger charge is -2.14. The second kappa shape index (κ2) is 8.04. The zero-order valence-corrected chi connectivity index (χ0v) is 14.9. The molecule has 1 unspecified atom stereocenters. The van der Waals surface area contributed by atoms with E-state index in [-0.39, 0.29) is 29.2 Å². The van der Waals surface area contributed by atoms with Crippen molar-refractivity contribution in [1.82, 2.24) is 0 Å². The fourth-order valence-corrected chi connectivity index (χ4v) is 3.92. The summed E-state index contributed by atoms with van der Waals surface area (Å²) in [5.41, 5.74) is 1.60. The van der Waals surface area contributed by atoms with Gasteiger partial charge in [0.1, 0.15) is 18.5 Å². The first-order chi connectivity index (χ1) is 12.0. The molecule has 4 nitrogen and oxygen atoms in total. The number of hydrogen-bond donors (Lipinski definition) is 1. The highest BCUT2D eigenvalue weighted by Crippen LogP contribution is 2.28. The van der Waals surface area contributed by atoms with Gasteiger partial charge in [0.15, 0.2) is 10.9 Å². The Balaban J connectivity index is 1.55. The summed E-state index contributed by atoms with van der Waals surface area (Å²) in [6.45, 7) is 0.0918. The number of carbonyl (C=O) groups excluding carboxylic acids is 2. The Kier molecular flexibility index (Phi) is 5.78. The zero-order valence-electron chi connectivity index (χ0n) is 13.4. The van der Waals surface area contributed by atoms with Crippen LogP contribution in [0.1, 0.15) is 23.7 Å². The molecule has 3 rings (SSSR count). The Labute approximate surface area is 155 Å². The number of ketones is 1. The minimum Gasteiger partial charge on any atom is -0.491 e. The third kappa shape index (κ3) is 4.63. The maximum Gasteiger partial charge on any atom is 0.197 e. The monoisotopic (exact) mass is 376 g/mol. The number of Topliss-reactive ketones (excluding diaryl/α,β-unsaturated/α-hetero) is 1. The highest BCUT2D eigenvalue weighted by atomic mass is 35.5. The first-order valence-electron chi connectivity index (χ1n) is 7.89. The van der Waals surface area contributed by atoms with E-state index >= 15 is 0 Å². The van der Waals surface area contributed by atoms with Gasteiger partial charge in [0.25, 0.3) is 0 Å². The van der Waals surface area contributed by atoms with Crippen LogP contribution in [0.3, 0.4) is 0 Å². The SMILES string of the molecule is O=C1CC(=O)C(Cc2ccc(OC[C@@H](O)c3ccccc3Cl)cc2)S1. The molecule has 0 aromatic heterocycles. The van der Waals surface area contributed by atoms with Crippen LogP contribution in [0.4, 0.5) is 0 Å². The highest BCUT2D eigenvalue weighted by Gasteiger charge is 2.31. The topological polar surface area (TPSA) is 63.6 Å². The van der Waals surface area contributed by atoms with Crippen molar-refractivity contribution in [1.29, 1.82) is 0 Å². The quantitative estimate of drug-likeness (QED) is 0.780. The van der Waals surface area contributed by atoms with Gasteiger partial charge in [-0.1, -0.05) is 53.7 Å². The predicted octanol–water partition coefficient (Wildman–Crippen LogP) is 3.60. The number of halogens is 1. The van der Waals surface area contributed by atoms with Crippen molar-refractivity contribution >= 4 is 34.3 Å². The fourth-order valence-electron chi connectivity index (χ4n) is 2.62. The van der Waals surface area contributed by atoms with Gasteiger partial charge in [-0.05, 0) is 30.2 Å². The summed E-state index contributed by atoms with van der Waals surface area (Å²) in [5.74, 6) is 0.620. The normalized spacial score (nSPS) is 18.4. The number of benzene rings is 2. The van der Waals surface area contributed by atoms with Gasteiger partial charge < -0.3 is 9.84 Å². The molecule has 2 aromatic rings. The van der Waals surface area contributed by atoms with E-state index in [0.717, 1.165) is 17.3 Å². The second-order valence-electron chi connectivity index (χ2n) is 5.82. The van der Waals surface area contributed by atoms with Crippen LogP contribution in [-0.2, 0) is 16.0 Å². The summed E-state index contributed by atoms with van der Waals surface area (Å²) < 4.78 is 5.61. The molecule has 0 aliphatic carbocycles. The average molecular weight is 377 g/mol. The lowest BCUT2D eigenvalue weighted by atomic mass is 10.1. The molecule has 0 bridgehead atoms. The molecule has 1 saturated heterocycles. The van der Waals surface area contributed by atoms with Gasteiger partial charge >= 0.3 is 0 Å². The average Bonchev–Trinajstić information content (AvgIpc) is 2.91. The molecule has 0 saturated carbocycles. The van der Waals surface area contributed by atoms with E-state index in [2.05, 4.69) is 0 Å². The molecule has 2 atom stereocenters. The summed E-state index contributed by atoms with van der Waals surface area (Å²) in [6.07, 6.45) is -0.235. The van der Waals surface area contributed by atoms with Gasteiger partial charge in [-0.15, -0.1) is 0 Å². The molecule has 25 heavy (non-hydrogen) atoms. The van der Waals surface area contributed by atoms with Crippen LogP contribution >= 0.6 is 23.4 Å². The van der Waals surface area contributed by atoms with Crippen molar-refractivity contribution in [3.8, 4) is 5.75 Å². The van der Waals surface area contributed by atoms with E-state index in [1.165, 1.54) is 0 Å². The standard InChI is InChI=1S/C19H17ClO4S/c20-15-4-2-1-3-14(15)17(22)11-24-13-7-5-12(6-8-13)9-18-16(21)10-19(23)25-18/h1-8,17-18,22H,9-11H2/t17-,18?/m1/s1. The van der Waals surface area contributed by atoms with Crippen molar-refractivity contribution in [2.45, 2.75) is 24.2 Å². The maximum absolute atomic E-state index is 11.7. The molecule has 6 heteroatoms. The van der Waals surface area contributed by atoms with Crippen molar-refractivity contribution < 1.29 is 19.4 Å². The van der Waals surface area contributed by atoms with Crippen LogP contribution in [0.5, 0.6) is 5.75 Å². The molecule has 1 aliphatic heterocycles. The second-order valence-corrected chi connectivity index (χ2v) is 7.49. The van der Waals surface area contributed by atoms with Crippen LogP contribution in [0.15, 0.2) is 48.5 Å². The number of hydrogen-bond acceptors (Lipinski definition) is 5. The molecule has 1 aliphatic rings. The lowest BCUT2D eigenvalue weighted by molar-refractivity contribution is -0.121. The smallest absolute Gasteiger partial charge is 0.197 e. The van der Waals surface area contributed by atoms with E-state index < -0.39 is 6.10 Å². The van der Waals surface area contributed by atoms with Gasteiger partial charge in [-0.25, -0.2) is 0 Å².